The van der Waals surface area contributed by atoms with Gasteiger partial charge in [0.1, 0.15) is 18.9 Å². The molecule has 0 saturated heterocycles. The van der Waals surface area contributed by atoms with Gasteiger partial charge in [0.15, 0.2) is 0 Å². The van der Waals surface area contributed by atoms with E-state index in [1.54, 1.807) is 37.4 Å². The molecule has 2 N–H and O–H groups in total. The van der Waals surface area contributed by atoms with Crippen molar-refractivity contribution < 1.29 is 4.79 Å². The number of nitriles is 1. The maximum atomic E-state index is 12.0. The smallest absolute Gasteiger partial charge is 0.252 e. The van der Waals surface area contributed by atoms with E-state index in [-0.39, 0.29) is 18.3 Å². The lowest BCUT2D eigenvalue weighted by Crippen LogP contribution is -2.30. The summed E-state index contributed by atoms with van der Waals surface area (Å²) in [4.78, 5) is 17.2. The first kappa shape index (κ1) is 12.6. The van der Waals surface area contributed by atoms with Crippen molar-refractivity contribution in [3.8, 4) is 6.07 Å². The fourth-order valence-electron chi connectivity index (χ4n) is 1.51. The van der Waals surface area contributed by atoms with Crippen molar-refractivity contribution in [3.05, 3.63) is 36.4 Å². The Morgan fingerprint density at radius 3 is 2.74 bits per heavy atom. The minimum absolute atomic E-state index is 0.0234. The highest BCUT2D eigenvalue weighted by Gasteiger charge is 2.12. The molecule has 0 saturated carbocycles. The molecule has 1 amide bonds. The van der Waals surface area contributed by atoms with Crippen molar-refractivity contribution in [1.29, 1.82) is 5.26 Å². The van der Waals surface area contributed by atoms with Crippen LogP contribution in [-0.4, -0.2) is 27.7 Å². The second-order valence-corrected chi connectivity index (χ2v) is 3.92. The van der Waals surface area contributed by atoms with Crippen LogP contribution in [0.25, 0.3) is 0 Å². The molecule has 2 rings (SSSR count). The van der Waals surface area contributed by atoms with Crippen molar-refractivity contribution in [2.75, 3.05) is 17.7 Å². The van der Waals surface area contributed by atoms with E-state index in [2.05, 4.69) is 10.1 Å². The third-order valence-corrected chi connectivity index (χ3v) is 2.59. The molecule has 0 spiro atoms. The first-order chi connectivity index (χ1) is 9.10. The molecule has 7 nitrogen and oxygen atoms in total. The van der Waals surface area contributed by atoms with Crippen LogP contribution in [0.4, 0.5) is 11.4 Å². The third kappa shape index (κ3) is 2.87. The molecule has 0 aliphatic carbocycles. The molecule has 0 aliphatic heterocycles. The van der Waals surface area contributed by atoms with Crippen molar-refractivity contribution in [2.45, 2.75) is 6.54 Å². The van der Waals surface area contributed by atoms with Gasteiger partial charge in [-0.25, -0.2) is 9.67 Å². The largest absolute Gasteiger partial charge is 0.399 e. The maximum absolute atomic E-state index is 12.0. The van der Waals surface area contributed by atoms with Gasteiger partial charge in [0.2, 0.25) is 5.91 Å². The van der Waals surface area contributed by atoms with Crippen LogP contribution in [-0.2, 0) is 11.3 Å². The van der Waals surface area contributed by atoms with Crippen molar-refractivity contribution in [2.24, 2.45) is 0 Å². The molecular weight excluding hydrogens is 244 g/mol. The number of nitrogens with two attached hydrogens (primary N) is 1. The predicted molar refractivity (Wildman–Crippen MR) is 69.0 cm³/mol. The van der Waals surface area contributed by atoms with Gasteiger partial charge < -0.3 is 10.6 Å². The summed E-state index contributed by atoms with van der Waals surface area (Å²) < 4.78 is 1.33. The zero-order valence-corrected chi connectivity index (χ0v) is 10.3. The lowest BCUT2D eigenvalue weighted by Gasteiger charge is -2.17. The fourth-order valence-corrected chi connectivity index (χ4v) is 1.51. The van der Waals surface area contributed by atoms with Gasteiger partial charge in [0, 0.05) is 18.4 Å². The van der Waals surface area contributed by atoms with Crippen LogP contribution in [0.15, 0.2) is 30.6 Å². The number of hydrogen-bond donors (Lipinski definition) is 1. The van der Waals surface area contributed by atoms with Crippen LogP contribution in [0.3, 0.4) is 0 Å². The highest BCUT2D eigenvalue weighted by molar-refractivity contribution is 5.92. The van der Waals surface area contributed by atoms with Crippen molar-refractivity contribution in [3.63, 3.8) is 0 Å². The Morgan fingerprint density at radius 1 is 1.47 bits per heavy atom. The summed E-state index contributed by atoms with van der Waals surface area (Å²) in [5, 5.41) is 12.4. The van der Waals surface area contributed by atoms with E-state index in [0.29, 0.717) is 5.69 Å². The number of likely N-dealkylation sites (N-methyl/N-ethyl adjacent to an activating group) is 1. The van der Waals surface area contributed by atoms with Gasteiger partial charge in [-0.15, -0.1) is 5.10 Å². The topological polar surface area (TPSA) is 101 Å². The summed E-state index contributed by atoms with van der Waals surface area (Å²) in [7, 11) is 1.66. The number of nitrogens with zero attached hydrogens (tertiary/aromatic N) is 5. The Bertz CT molecular complexity index is 624. The SMILES string of the molecule is CN(C(=O)Cn1cnc(C#N)n1)c1ccc(N)cc1. The lowest BCUT2D eigenvalue weighted by molar-refractivity contribution is -0.119. The fraction of sp³-hybridized carbons (Fsp3) is 0.167. The first-order valence-electron chi connectivity index (χ1n) is 5.52. The molecule has 1 aromatic carbocycles. The molecule has 0 bridgehead atoms. The number of amides is 1. The summed E-state index contributed by atoms with van der Waals surface area (Å²) >= 11 is 0. The van der Waals surface area contributed by atoms with Gasteiger partial charge in [-0.2, -0.15) is 5.26 Å². The Labute approximate surface area is 109 Å². The third-order valence-electron chi connectivity index (χ3n) is 2.59. The number of nitrogen functional groups attached to an aromatic ring is 1. The highest BCUT2D eigenvalue weighted by Crippen LogP contribution is 2.15. The number of carbonyl (C=O) groups is 1. The molecule has 96 valence electrons. The summed E-state index contributed by atoms with van der Waals surface area (Å²) in [6, 6.07) is 8.77. The number of benzene rings is 1. The van der Waals surface area contributed by atoms with Crippen molar-refractivity contribution >= 4 is 17.3 Å². The number of hydrogen-bond acceptors (Lipinski definition) is 5. The summed E-state index contributed by atoms with van der Waals surface area (Å²) in [5.74, 6) is -0.123. The highest BCUT2D eigenvalue weighted by atomic mass is 16.2. The van der Waals surface area contributed by atoms with Crippen LogP contribution in [0.1, 0.15) is 5.82 Å². The van der Waals surface area contributed by atoms with Gasteiger partial charge in [-0.1, -0.05) is 0 Å². The van der Waals surface area contributed by atoms with Gasteiger partial charge in [-0.05, 0) is 24.3 Å². The Balaban J connectivity index is 2.07. The Hall–Kier alpha value is -2.88. The predicted octanol–water partition coefficient (Wildman–Crippen LogP) is 0.395. The number of aromatic nitrogens is 3. The van der Waals surface area contributed by atoms with E-state index in [1.165, 1.54) is 15.9 Å². The molecule has 0 fully saturated rings. The maximum Gasteiger partial charge on any atom is 0.252 e. The molecule has 0 atom stereocenters. The minimum Gasteiger partial charge on any atom is -0.399 e. The molecule has 2 aromatic rings. The first-order valence-corrected chi connectivity index (χ1v) is 5.52. The van der Waals surface area contributed by atoms with E-state index in [1.807, 2.05) is 0 Å². The molecule has 1 heterocycles. The minimum atomic E-state index is -0.167. The zero-order valence-electron chi connectivity index (χ0n) is 10.3. The molecular formula is C12H12N6O. The zero-order chi connectivity index (χ0) is 13.8. The van der Waals surface area contributed by atoms with Gasteiger partial charge in [0.25, 0.3) is 5.82 Å². The molecule has 0 radical (unpaired) electrons. The van der Waals surface area contributed by atoms with Crippen LogP contribution in [0, 0.1) is 11.3 Å². The van der Waals surface area contributed by atoms with E-state index < -0.39 is 0 Å². The normalized spacial score (nSPS) is 9.89. The van der Waals surface area contributed by atoms with Crippen LogP contribution in [0.5, 0.6) is 0 Å². The number of carbonyl (C=O) groups excluding carboxylic acids is 1. The number of rotatable bonds is 3. The standard InChI is InChI=1S/C12H12N6O/c1-17(10-4-2-9(14)3-5-10)12(19)7-18-8-15-11(6-13)16-18/h2-5,8H,7,14H2,1H3. The van der Waals surface area contributed by atoms with Crippen LogP contribution in [0.2, 0.25) is 0 Å². The quantitative estimate of drug-likeness (QED) is 0.801. The van der Waals surface area contributed by atoms with E-state index >= 15 is 0 Å². The average Bonchev–Trinajstić information content (AvgIpc) is 2.86. The molecule has 19 heavy (non-hydrogen) atoms. The molecule has 0 aliphatic rings. The number of anilines is 2. The lowest BCUT2D eigenvalue weighted by atomic mass is 10.2. The average molecular weight is 256 g/mol. The molecule has 1 aromatic heterocycles. The van der Waals surface area contributed by atoms with Gasteiger partial charge >= 0.3 is 0 Å². The van der Waals surface area contributed by atoms with Crippen LogP contribution < -0.4 is 10.6 Å². The second-order valence-electron chi connectivity index (χ2n) is 3.92. The summed E-state index contributed by atoms with van der Waals surface area (Å²) in [6.07, 6.45) is 1.35. The van der Waals surface area contributed by atoms with Gasteiger partial charge in [0.05, 0.1) is 0 Å². The summed E-state index contributed by atoms with van der Waals surface area (Å²) in [6.45, 7) is 0.0234. The van der Waals surface area contributed by atoms with Gasteiger partial charge in [-0.3, -0.25) is 4.79 Å². The summed E-state index contributed by atoms with van der Waals surface area (Å²) in [5.41, 5.74) is 6.96. The Kier molecular flexibility index (Phi) is 3.43. The van der Waals surface area contributed by atoms with Crippen LogP contribution >= 0.6 is 0 Å². The molecule has 0 unspecified atom stereocenters. The van der Waals surface area contributed by atoms with E-state index in [0.717, 1.165) is 5.69 Å². The van der Waals surface area contributed by atoms with E-state index in [4.69, 9.17) is 11.0 Å². The van der Waals surface area contributed by atoms with Crippen molar-refractivity contribution in [1.82, 2.24) is 14.8 Å². The van der Waals surface area contributed by atoms with E-state index in [9.17, 15) is 4.79 Å². The second kappa shape index (κ2) is 5.18. The molecule has 7 heteroatoms. The Morgan fingerprint density at radius 2 is 2.16 bits per heavy atom. The monoisotopic (exact) mass is 256 g/mol.